The Balaban J connectivity index is 2.49. The van der Waals surface area contributed by atoms with Crippen LogP contribution in [0, 0.1) is 5.41 Å². The Morgan fingerprint density at radius 1 is 1.57 bits per heavy atom. The smallest absolute Gasteiger partial charge is 0.133 e. The van der Waals surface area contributed by atoms with Gasteiger partial charge >= 0.3 is 0 Å². The molecule has 1 rings (SSSR count). The highest BCUT2D eigenvalue weighted by molar-refractivity contribution is 5.77. The Morgan fingerprint density at radius 2 is 2.29 bits per heavy atom. The standard InChI is InChI=1S/C13H20O/c1-11(14)6-4-7-12-8-5-9-13(2,3)10-12/h4,7-8H,5-6,9-10H2,1-3H3. The zero-order chi connectivity index (χ0) is 10.6. The summed E-state index contributed by atoms with van der Waals surface area (Å²) in [6, 6.07) is 0. The number of Topliss-reactive ketones (excluding diaryl/α,β-unsaturated/α-hetero) is 1. The Morgan fingerprint density at radius 3 is 2.86 bits per heavy atom. The molecular weight excluding hydrogens is 172 g/mol. The third kappa shape index (κ3) is 3.91. The van der Waals surface area contributed by atoms with Gasteiger partial charge in [0.25, 0.3) is 0 Å². The first-order valence-electron chi connectivity index (χ1n) is 5.35. The third-order valence-electron chi connectivity index (χ3n) is 2.65. The average molecular weight is 192 g/mol. The molecule has 0 amide bonds. The number of hydrogen-bond acceptors (Lipinski definition) is 1. The Hall–Kier alpha value is -0.850. The zero-order valence-electron chi connectivity index (χ0n) is 9.47. The lowest BCUT2D eigenvalue weighted by Gasteiger charge is -2.28. The zero-order valence-corrected chi connectivity index (χ0v) is 9.47. The molecule has 0 heterocycles. The van der Waals surface area contributed by atoms with Crippen LogP contribution in [0.25, 0.3) is 0 Å². The van der Waals surface area contributed by atoms with Crippen molar-refractivity contribution in [3.63, 3.8) is 0 Å². The highest BCUT2D eigenvalue weighted by Gasteiger charge is 2.21. The van der Waals surface area contributed by atoms with Crippen LogP contribution < -0.4 is 0 Å². The van der Waals surface area contributed by atoms with Gasteiger partial charge in [-0.1, -0.05) is 37.6 Å². The minimum absolute atomic E-state index is 0.233. The van der Waals surface area contributed by atoms with Crippen molar-refractivity contribution in [3.8, 4) is 0 Å². The summed E-state index contributed by atoms with van der Waals surface area (Å²) in [6.45, 7) is 6.24. The van der Waals surface area contributed by atoms with Crippen molar-refractivity contribution in [1.29, 1.82) is 0 Å². The second-order valence-corrected chi connectivity index (χ2v) is 4.97. The minimum Gasteiger partial charge on any atom is -0.300 e. The summed E-state index contributed by atoms with van der Waals surface area (Å²) >= 11 is 0. The molecule has 1 aliphatic rings. The van der Waals surface area contributed by atoms with Crippen molar-refractivity contribution >= 4 is 5.78 Å². The molecule has 0 saturated heterocycles. The summed E-state index contributed by atoms with van der Waals surface area (Å²) in [6.07, 6.45) is 10.5. The normalized spacial score (nSPS) is 20.9. The fourth-order valence-corrected chi connectivity index (χ4v) is 1.86. The Bertz CT molecular complexity index is 269. The predicted octanol–water partition coefficient (Wildman–Crippen LogP) is 3.66. The molecule has 14 heavy (non-hydrogen) atoms. The van der Waals surface area contributed by atoms with Gasteiger partial charge in [-0.2, -0.15) is 0 Å². The first-order valence-corrected chi connectivity index (χ1v) is 5.35. The van der Waals surface area contributed by atoms with Gasteiger partial charge in [-0.3, -0.25) is 4.79 Å². The lowest BCUT2D eigenvalue weighted by atomic mass is 9.77. The van der Waals surface area contributed by atoms with Crippen LogP contribution >= 0.6 is 0 Å². The molecule has 0 bridgehead atoms. The summed E-state index contributed by atoms with van der Waals surface area (Å²) in [7, 11) is 0. The van der Waals surface area contributed by atoms with Gasteiger partial charge in [0.05, 0.1) is 0 Å². The maximum absolute atomic E-state index is 10.7. The molecule has 0 aliphatic heterocycles. The molecule has 0 fully saturated rings. The Labute approximate surface area is 86.9 Å². The SMILES string of the molecule is CC(=O)CC=CC1=CCCC(C)(C)C1. The van der Waals surface area contributed by atoms with Crippen LogP contribution in [0.4, 0.5) is 0 Å². The quantitative estimate of drug-likeness (QED) is 0.667. The first kappa shape index (κ1) is 11.2. The number of hydrogen-bond donors (Lipinski definition) is 0. The second-order valence-electron chi connectivity index (χ2n) is 4.97. The maximum atomic E-state index is 10.7. The van der Waals surface area contributed by atoms with E-state index in [0.717, 1.165) is 6.42 Å². The van der Waals surface area contributed by atoms with Gasteiger partial charge in [-0.05, 0) is 31.6 Å². The van der Waals surface area contributed by atoms with Crippen LogP contribution in [0.3, 0.4) is 0 Å². The van der Waals surface area contributed by atoms with E-state index in [1.807, 2.05) is 6.08 Å². The van der Waals surface area contributed by atoms with Gasteiger partial charge in [0.2, 0.25) is 0 Å². The van der Waals surface area contributed by atoms with Gasteiger partial charge in [0.1, 0.15) is 5.78 Å². The summed E-state index contributed by atoms with van der Waals surface area (Å²) in [5.41, 5.74) is 1.83. The number of allylic oxidation sites excluding steroid dienone is 4. The summed E-state index contributed by atoms with van der Waals surface area (Å²) in [5, 5.41) is 0. The fourth-order valence-electron chi connectivity index (χ4n) is 1.86. The first-order chi connectivity index (χ1) is 6.49. The molecule has 0 unspecified atom stereocenters. The van der Waals surface area contributed by atoms with E-state index >= 15 is 0 Å². The monoisotopic (exact) mass is 192 g/mol. The average Bonchev–Trinajstić information content (AvgIpc) is 2.01. The number of ketones is 1. The molecule has 78 valence electrons. The van der Waals surface area contributed by atoms with Crippen LogP contribution in [-0.2, 0) is 4.79 Å². The molecule has 0 aromatic carbocycles. The van der Waals surface area contributed by atoms with Gasteiger partial charge in [0, 0.05) is 6.42 Å². The van der Waals surface area contributed by atoms with E-state index in [1.54, 1.807) is 6.92 Å². The van der Waals surface area contributed by atoms with E-state index in [9.17, 15) is 4.79 Å². The number of carbonyl (C=O) groups excluding carboxylic acids is 1. The third-order valence-corrected chi connectivity index (χ3v) is 2.65. The van der Waals surface area contributed by atoms with Crippen LogP contribution in [0.15, 0.2) is 23.8 Å². The van der Waals surface area contributed by atoms with Crippen molar-refractivity contribution < 1.29 is 4.79 Å². The molecule has 1 heteroatoms. The molecule has 0 atom stereocenters. The van der Waals surface area contributed by atoms with E-state index < -0.39 is 0 Å². The predicted molar refractivity (Wildman–Crippen MR) is 60.2 cm³/mol. The van der Waals surface area contributed by atoms with Gasteiger partial charge < -0.3 is 0 Å². The number of rotatable bonds is 3. The van der Waals surface area contributed by atoms with Crippen molar-refractivity contribution in [3.05, 3.63) is 23.8 Å². The maximum Gasteiger partial charge on any atom is 0.133 e. The molecule has 0 aromatic rings. The van der Waals surface area contributed by atoms with Crippen LogP contribution in [0.5, 0.6) is 0 Å². The second kappa shape index (κ2) is 4.59. The molecule has 0 saturated carbocycles. The van der Waals surface area contributed by atoms with Crippen molar-refractivity contribution in [1.82, 2.24) is 0 Å². The molecule has 0 aromatic heterocycles. The van der Waals surface area contributed by atoms with Crippen molar-refractivity contribution in [2.24, 2.45) is 5.41 Å². The molecule has 0 radical (unpaired) electrons. The van der Waals surface area contributed by atoms with Crippen LogP contribution in [0.1, 0.15) is 46.5 Å². The topological polar surface area (TPSA) is 17.1 Å². The van der Waals surface area contributed by atoms with E-state index in [-0.39, 0.29) is 5.78 Å². The van der Waals surface area contributed by atoms with E-state index in [1.165, 1.54) is 18.4 Å². The van der Waals surface area contributed by atoms with Crippen molar-refractivity contribution in [2.45, 2.75) is 46.5 Å². The van der Waals surface area contributed by atoms with E-state index in [4.69, 9.17) is 0 Å². The van der Waals surface area contributed by atoms with Crippen LogP contribution in [0.2, 0.25) is 0 Å². The van der Waals surface area contributed by atoms with Gasteiger partial charge in [0.15, 0.2) is 0 Å². The highest BCUT2D eigenvalue weighted by Crippen LogP contribution is 2.35. The molecule has 0 N–H and O–H groups in total. The van der Waals surface area contributed by atoms with E-state index in [2.05, 4.69) is 26.0 Å². The van der Waals surface area contributed by atoms with Crippen molar-refractivity contribution in [2.75, 3.05) is 0 Å². The molecular formula is C13H20O. The molecule has 1 nitrogen and oxygen atoms in total. The van der Waals surface area contributed by atoms with Gasteiger partial charge in [-0.25, -0.2) is 0 Å². The van der Waals surface area contributed by atoms with E-state index in [0.29, 0.717) is 11.8 Å². The largest absolute Gasteiger partial charge is 0.300 e. The summed E-state index contributed by atoms with van der Waals surface area (Å²) < 4.78 is 0. The summed E-state index contributed by atoms with van der Waals surface area (Å²) in [5.74, 6) is 0.233. The molecule has 0 spiro atoms. The highest BCUT2D eigenvalue weighted by atomic mass is 16.1. The number of carbonyl (C=O) groups is 1. The lowest BCUT2D eigenvalue weighted by Crippen LogP contribution is -2.14. The minimum atomic E-state index is 0.233. The fraction of sp³-hybridized carbons (Fsp3) is 0.615. The lowest BCUT2D eigenvalue weighted by molar-refractivity contribution is -0.116. The Kier molecular flexibility index (Phi) is 3.68. The molecule has 1 aliphatic carbocycles. The van der Waals surface area contributed by atoms with Gasteiger partial charge in [-0.15, -0.1) is 0 Å². The summed E-state index contributed by atoms with van der Waals surface area (Å²) in [4.78, 5) is 10.7. The van der Waals surface area contributed by atoms with Crippen LogP contribution in [-0.4, -0.2) is 5.78 Å².